The van der Waals surface area contributed by atoms with Gasteiger partial charge in [-0.15, -0.1) is 6.42 Å². The van der Waals surface area contributed by atoms with Crippen LogP contribution in [0.15, 0.2) is 11.1 Å². The SMILES string of the molecule is C#C[C@@]1(n2cnc(N)nc2=O)O[C@](F)(COC(=O)[C@@H](N)C(C)C)[C@@H](O)[C@H]1O. The Kier molecular flexibility index (Phi) is 5.52. The number of esters is 1. The van der Waals surface area contributed by atoms with Crippen LogP contribution in [0.25, 0.3) is 0 Å². The molecular weight excluding hydrogens is 365 g/mol. The lowest BCUT2D eigenvalue weighted by atomic mass is 10.0. The molecule has 0 aromatic carbocycles. The average molecular weight is 385 g/mol. The second-order valence-electron chi connectivity index (χ2n) is 6.36. The molecule has 5 atom stereocenters. The second kappa shape index (κ2) is 7.20. The monoisotopic (exact) mass is 385 g/mol. The molecule has 1 aromatic heterocycles. The summed E-state index contributed by atoms with van der Waals surface area (Å²) in [5.74, 6) is -2.83. The maximum absolute atomic E-state index is 15.1. The zero-order valence-corrected chi connectivity index (χ0v) is 14.6. The van der Waals surface area contributed by atoms with E-state index in [1.54, 1.807) is 13.8 Å². The lowest BCUT2D eigenvalue weighted by molar-refractivity contribution is -0.234. The van der Waals surface area contributed by atoms with Crippen LogP contribution in [0.1, 0.15) is 13.8 Å². The number of nitrogen functional groups attached to an aromatic ring is 1. The van der Waals surface area contributed by atoms with Crippen LogP contribution >= 0.6 is 0 Å². The van der Waals surface area contributed by atoms with Crippen molar-refractivity contribution in [3.8, 4) is 12.3 Å². The van der Waals surface area contributed by atoms with E-state index in [1.807, 2.05) is 5.92 Å². The number of hydrogen-bond donors (Lipinski definition) is 4. The molecule has 0 unspecified atom stereocenters. The molecule has 1 aromatic rings. The van der Waals surface area contributed by atoms with E-state index in [1.165, 1.54) is 0 Å². The molecule has 0 bridgehead atoms. The number of rotatable bonds is 5. The topological polar surface area (TPSA) is 176 Å². The van der Waals surface area contributed by atoms with Gasteiger partial charge in [-0.1, -0.05) is 13.8 Å². The molecule has 0 aliphatic carbocycles. The van der Waals surface area contributed by atoms with Crippen molar-refractivity contribution in [3.63, 3.8) is 0 Å². The van der Waals surface area contributed by atoms with Crippen molar-refractivity contribution in [2.45, 2.75) is 43.7 Å². The van der Waals surface area contributed by atoms with Crippen molar-refractivity contribution in [1.29, 1.82) is 0 Å². The Hall–Kier alpha value is -2.59. The first-order chi connectivity index (χ1) is 12.5. The van der Waals surface area contributed by atoms with Crippen LogP contribution in [-0.2, 0) is 20.0 Å². The predicted molar refractivity (Wildman–Crippen MR) is 88.2 cm³/mol. The molecule has 2 rings (SSSR count). The van der Waals surface area contributed by atoms with Gasteiger partial charge in [0.15, 0.2) is 6.61 Å². The van der Waals surface area contributed by atoms with E-state index in [0.717, 1.165) is 6.33 Å². The predicted octanol–water partition coefficient (Wildman–Crippen LogP) is -2.55. The van der Waals surface area contributed by atoms with Crippen LogP contribution in [0.3, 0.4) is 0 Å². The third-order valence-corrected chi connectivity index (χ3v) is 4.16. The minimum absolute atomic E-state index is 0.289. The molecule has 11 nitrogen and oxygen atoms in total. The number of aromatic nitrogens is 3. The van der Waals surface area contributed by atoms with E-state index in [9.17, 15) is 19.8 Å². The molecule has 2 heterocycles. The van der Waals surface area contributed by atoms with Crippen LogP contribution in [0.2, 0.25) is 0 Å². The molecule has 1 aliphatic heterocycles. The zero-order valence-electron chi connectivity index (χ0n) is 14.6. The van der Waals surface area contributed by atoms with Crippen molar-refractivity contribution in [1.82, 2.24) is 14.5 Å². The highest BCUT2D eigenvalue weighted by Gasteiger charge is 2.65. The van der Waals surface area contributed by atoms with Crippen molar-refractivity contribution in [3.05, 3.63) is 16.8 Å². The Bertz CT molecular complexity index is 826. The molecule has 148 valence electrons. The number of ether oxygens (including phenoxy) is 2. The van der Waals surface area contributed by atoms with Gasteiger partial charge in [0.1, 0.15) is 24.6 Å². The van der Waals surface area contributed by atoms with Gasteiger partial charge >= 0.3 is 11.7 Å². The van der Waals surface area contributed by atoms with E-state index < -0.39 is 48.1 Å². The van der Waals surface area contributed by atoms with E-state index in [0.29, 0.717) is 4.57 Å². The Morgan fingerprint density at radius 2 is 2.19 bits per heavy atom. The van der Waals surface area contributed by atoms with Crippen molar-refractivity contribution >= 4 is 11.9 Å². The summed E-state index contributed by atoms with van der Waals surface area (Å²) in [6.07, 6.45) is 1.74. The highest BCUT2D eigenvalue weighted by atomic mass is 19.2. The normalized spacial score (nSPS) is 31.5. The van der Waals surface area contributed by atoms with Crippen molar-refractivity contribution in [2.24, 2.45) is 11.7 Å². The number of halogens is 1. The fraction of sp³-hybridized carbons (Fsp3) is 0.600. The molecular formula is C15H20FN5O6. The number of carbonyl (C=O) groups excluding carboxylic acids is 1. The van der Waals surface area contributed by atoms with Crippen LogP contribution < -0.4 is 17.2 Å². The van der Waals surface area contributed by atoms with Crippen molar-refractivity contribution in [2.75, 3.05) is 12.3 Å². The summed E-state index contributed by atoms with van der Waals surface area (Å²) in [4.78, 5) is 30.7. The molecule has 1 aliphatic rings. The molecule has 0 spiro atoms. The Morgan fingerprint density at radius 1 is 1.56 bits per heavy atom. The fourth-order valence-corrected chi connectivity index (χ4v) is 2.43. The van der Waals surface area contributed by atoms with Gasteiger partial charge in [0.2, 0.25) is 11.7 Å². The maximum atomic E-state index is 15.1. The summed E-state index contributed by atoms with van der Waals surface area (Å²) in [6.45, 7) is 2.18. The number of anilines is 1. The number of carbonyl (C=O) groups is 1. The maximum Gasteiger partial charge on any atom is 0.355 e. The quantitative estimate of drug-likeness (QED) is 0.312. The van der Waals surface area contributed by atoms with E-state index in [-0.39, 0.29) is 11.9 Å². The molecule has 12 heteroatoms. The van der Waals surface area contributed by atoms with Crippen LogP contribution in [0, 0.1) is 18.3 Å². The van der Waals surface area contributed by atoms with Crippen LogP contribution in [0.5, 0.6) is 0 Å². The van der Waals surface area contributed by atoms with E-state index >= 15 is 4.39 Å². The summed E-state index contributed by atoms with van der Waals surface area (Å²) in [6, 6.07) is -1.04. The smallest absolute Gasteiger partial charge is 0.355 e. The molecule has 27 heavy (non-hydrogen) atoms. The number of alkyl halides is 1. The molecule has 0 saturated carbocycles. The largest absolute Gasteiger partial charge is 0.458 e. The number of aliphatic hydroxyl groups excluding tert-OH is 2. The third-order valence-electron chi connectivity index (χ3n) is 4.16. The molecule has 1 saturated heterocycles. The first kappa shape index (κ1) is 20.7. The van der Waals surface area contributed by atoms with Gasteiger partial charge in [0.25, 0.3) is 5.85 Å². The average Bonchev–Trinajstić information content (AvgIpc) is 2.81. The summed E-state index contributed by atoms with van der Waals surface area (Å²) in [7, 11) is 0. The minimum atomic E-state index is -3.13. The number of aliphatic hydroxyl groups is 2. The first-order valence-corrected chi connectivity index (χ1v) is 7.85. The Labute approximate surface area is 153 Å². The van der Waals surface area contributed by atoms with E-state index in [4.69, 9.17) is 27.4 Å². The number of nitrogens with zero attached hydrogens (tertiary/aromatic N) is 3. The summed E-state index contributed by atoms with van der Waals surface area (Å²) >= 11 is 0. The lowest BCUT2D eigenvalue weighted by Crippen LogP contribution is -2.50. The fourth-order valence-electron chi connectivity index (χ4n) is 2.43. The van der Waals surface area contributed by atoms with Gasteiger partial charge < -0.3 is 26.4 Å². The lowest BCUT2D eigenvalue weighted by Gasteiger charge is -2.28. The molecule has 1 fully saturated rings. The van der Waals surface area contributed by atoms with Gasteiger partial charge in [0, 0.05) is 0 Å². The summed E-state index contributed by atoms with van der Waals surface area (Å²) in [5.41, 5.74) is 7.28. The third kappa shape index (κ3) is 3.50. The molecule has 6 N–H and O–H groups in total. The highest BCUT2D eigenvalue weighted by molar-refractivity contribution is 5.75. The first-order valence-electron chi connectivity index (χ1n) is 7.85. The Balaban J connectivity index is 2.33. The van der Waals surface area contributed by atoms with Gasteiger partial charge in [0.05, 0.1) is 0 Å². The van der Waals surface area contributed by atoms with Crippen LogP contribution in [0.4, 0.5) is 10.3 Å². The Morgan fingerprint density at radius 3 is 2.70 bits per heavy atom. The standard InChI is InChI=1S/C15H20FN5O6/c1-4-15(21-6-19-12(18)20-13(21)25)10(23)9(22)14(16,27-15)5-26-11(24)8(17)7(2)3/h1,6-10,22-23H,5,17H2,2-3H3,(H2,18,20,25)/t8-,9-,10+,14+,15+/m0/s1. The number of nitrogens with two attached hydrogens (primary N) is 2. The van der Waals surface area contributed by atoms with Gasteiger partial charge in [-0.2, -0.15) is 4.98 Å². The van der Waals surface area contributed by atoms with E-state index in [2.05, 4.69) is 9.97 Å². The summed E-state index contributed by atoms with van der Waals surface area (Å²) < 4.78 is 25.4. The number of terminal acetylenes is 1. The summed E-state index contributed by atoms with van der Waals surface area (Å²) in [5, 5.41) is 20.4. The number of hydrogen-bond acceptors (Lipinski definition) is 10. The van der Waals surface area contributed by atoms with Gasteiger partial charge in [-0.25, -0.2) is 18.7 Å². The zero-order chi connectivity index (χ0) is 20.6. The minimum Gasteiger partial charge on any atom is -0.458 e. The van der Waals surface area contributed by atoms with Crippen LogP contribution in [-0.4, -0.2) is 61.4 Å². The second-order valence-corrected chi connectivity index (χ2v) is 6.36. The molecule has 0 amide bonds. The van der Waals surface area contributed by atoms with Gasteiger partial charge in [-0.3, -0.25) is 9.53 Å². The molecule has 0 radical (unpaired) electrons. The van der Waals surface area contributed by atoms with Gasteiger partial charge in [-0.05, 0) is 11.8 Å². The van der Waals surface area contributed by atoms with Crippen molar-refractivity contribution < 1.29 is 28.9 Å². The highest BCUT2D eigenvalue weighted by Crippen LogP contribution is 2.42.